The molecular weight excluding hydrogens is 252 g/mol. The van der Waals surface area contributed by atoms with Gasteiger partial charge in [-0.1, -0.05) is 25.5 Å². The summed E-state index contributed by atoms with van der Waals surface area (Å²) in [6.07, 6.45) is 3.29. The minimum absolute atomic E-state index is 0.320. The number of ether oxygens (including phenoxy) is 3. The molecule has 0 spiro atoms. The minimum Gasteiger partial charge on any atom is -0.494 e. The highest BCUT2D eigenvalue weighted by atomic mass is 16.7. The number of hydrogen-bond acceptors (Lipinski definition) is 3. The van der Waals surface area contributed by atoms with E-state index in [4.69, 9.17) is 14.2 Å². The molecule has 3 heteroatoms. The van der Waals surface area contributed by atoms with E-state index in [1.165, 1.54) is 12.0 Å². The lowest BCUT2D eigenvalue weighted by Gasteiger charge is -2.38. The summed E-state index contributed by atoms with van der Waals surface area (Å²) < 4.78 is 17.4. The Morgan fingerprint density at radius 2 is 1.80 bits per heavy atom. The predicted octanol–water partition coefficient (Wildman–Crippen LogP) is 4.12. The third-order valence-corrected chi connectivity index (χ3v) is 3.83. The fourth-order valence-electron chi connectivity index (χ4n) is 2.48. The highest BCUT2D eigenvalue weighted by molar-refractivity contribution is 5.29. The van der Waals surface area contributed by atoms with Crippen LogP contribution in [0.15, 0.2) is 24.3 Å². The van der Waals surface area contributed by atoms with Gasteiger partial charge in [-0.2, -0.15) is 0 Å². The summed E-state index contributed by atoms with van der Waals surface area (Å²) in [5, 5.41) is 0. The Labute approximate surface area is 122 Å². The molecule has 0 bridgehead atoms. The lowest BCUT2D eigenvalue weighted by Crippen LogP contribution is -2.40. The summed E-state index contributed by atoms with van der Waals surface area (Å²) in [5.41, 5.74) is 1.26. The van der Waals surface area contributed by atoms with E-state index in [1.54, 1.807) is 0 Å². The van der Waals surface area contributed by atoms with Crippen molar-refractivity contribution in [2.45, 2.75) is 51.7 Å². The highest BCUT2D eigenvalue weighted by Crippen LogP contribution is 2.31. The molecule has 0 aliphatic carbocycles. The second-order valence-electron chi connectivity index (χ2n) is 5.56. The molecule has 1 aromatic rings. The number of benzene rings is 1. The molecule has 0 aromatic heterocycles. The van der Waals surface area contributed by atoms with Crippen molar-refractivity contribution in [3.05, 3.63) is 29.8 Å². The second kappa shape index (κ2) is 7.09. The van der Waals surface area contributed by atoms with Gasteiger partial charge in [0.15, 0.2) is 5.79 Å². The zero-order valence-electron chi connectivity index (χ0n) is 12.9. The van der Waals surface area contributed by atoms with E-state index in [1.807, 2.05) is 19.1 Å². The number of unbranched alkanes of at least 4 members (excludes halogenated alkanes) is 1. The van der Waals surface area contributed by atoms with Crippen molar-refractivity contribution in [1.29, 1.82) is 0 Å². The van der Waals surface area contributed by atoms with Crippen LogP contribution in [0.5, 0.6) is 5.75 Å². The van der Waals surface area contributed by atoms with Crippen molar-refractivity contribution >= 4 is 0 Å². The summed E-state index contributed by atoms with van der Waals surface area (Å²) in [5.74, 6) is 0.847. The van der Waals surface area contributed by atoms with Crippen LogP contribution < -0.4 is 4.74 Å². The van der Waals surface area contributed by atoms with Crippen molar-refractivity contribution in [3.8, 4) is 5.75 Å². The monoisotopic (exact) mass is 278 g/mol. The lowest BCUT2D eigenvalue weighted by atomic mass is 9.99. The molecule has 3 nitrogen and oxygen atoms in total. The lowest BCUT2D eigenvalue weighted by molar-refractivity contribution is -0.265. The van der Waals surface area contributed by atoms with E-state index in [-0.39, 0.29) is 0 Å². The van der Waals surface area contributed by atoms with Gasteiger partial charge in [-0.05, 0) is 38.0 Å². The quantitative estimate of drug-likeness (QED) is 0.783. The number of hydrogen-bond donors (Lipinski definition) is 0. The van der Waals surface area contributed by atoms with Gasteiger partial charge in [0.05, 0.1) is 19.8 Å². The van der Waals surface area contributed by atoms with Gasteiger partial charge in [-0.15, -0.1) is 0 Å². The van der Waals surface area contributed by atoms with Gasteiger partial charge in [0.25, 0.3) is 0 Å². The van der Waals surface area contributed by atoms with Crippen LogP contribution in [-0.2, 0) is 9.47 Å². The molecule has 0 atom stereocenters. The molecule has 20 heavy (non-hydrogen) atoms. The Bertz CT molecular complexity index is 391. The molecule has 2 rings (SSSR count). The normalized spacial score (nSPS) is 26.4. The van der Waals surface area contributed by atoms with Crippen LogP contribution in [0.4, 0.5) is 0 Å². The standard InChI is InChI=1S/C17H26O3/c1-4-6-11-17(3)19-12-15(13-20-17)14-7-9-16(10-8-14)18-5-2/h7-10,15H,4-6,11-13H2,1-3H3/t15-,17-. The van der Waals surface area contributed by atoms with Crippen molar-refractivity contribution in [1.82, 2.24) is 0 Å². The van der Waals surface area contributed by atoms with Crippen LogP contribution in [0.2, 0.25) is 0 Å². The molecular formula is C17H26O3. The Balaban J connectivity index is 1.89. The van der Waals surface area contributed by atoms with E-state index in [0.29, 0.717) is 12.5 Å². The molecule has 1 saturated heterocycles. The molecule has 0 N–H and O–H groups in total. The van der Waals surface area contributed by atoms with Gasteiger partial charge >= 0.3 is 0 Å². The summed E-state index contributed by atoms with van der Waals surface area (Å²) in [6.45, 7) is 8.40. The van der Waals surface area contributed by atoms with Crippen LogP contribution in [-0.4, -0.2) is 25.6 Å². The molecule has 0 radical (unpaired) electrons. The minimum atomic E-state index is -0.391. The van der Waals surface area contributed by atoms with Gasteiger partial charge in [-0.3, -0.25) is 0 Å². The third-order valence-electron chi connectivity index (χ3n) is 3.83. The summed E-state index contributed by atoms with van der Waals surface area (Å²) in [4.78, 5) is 0. The first-order valence-electron chi connectivity index (χ1n) is 7.67. The predicted molar refractivity (Wildman–Crippen MR) is 80.2 cm³/mol. The van der Waals surface area contributed by atoms with Gasteiger partial charge in [0, 0.05) is 12.3 Å². The van der Waals surface area contributed by atoms with Crippen molar-refractivity contribution in [2.24, 2.45) is 0 Å². The van der Waals surface area contributed by atoms with E-state index < -0.39 is 5.79 Å². The van der Waals surface area contributed by atoms with Gasteiger partial charge in [0.1, 0.15) is 5.75 Å². The van der Waals surface area contributed by atoms with Crippen molar-refractivity contribution in [2.75, 3.05) is 19.8 Å². The fraction of sp³-hybridized carbons (Fsp3) is 0.647. The average Bonchev–Trinajstić information content (AvgIpc) is 2.47. The maximum atomic E-state index is 5.96. The van der Waals surface area contributed by atoms with E-state index in [2.05, 4.69) is 26.0 Å². The second-order valence-corrected chi connectivity index (χ2v) is 5.56. The SMILES string of the molecule is CCCC[C@]1(C)OC[C@@H](c2ccc(OCC)cc2)CO1. The summed E-state index contributed by atoms with van der Waals surface area (Å²) in [7, 11) is 0. The van der Waals surface area contributed by atoms with E-state index in [0.717, 1.165) is 31.8 Å². The van der Waals surface area contributed by atoms with Gasteiger partial charge in [0.2, 0.25) is 0 Å². The zero-order chi connectivity index (χ0) is 14.4. The molecule has 1 aromatic carbocycles. The van der Waals surface area contributed by atoms with Crippen LogP contribution in [0.1, 0.15) is 51.5 Å². The summed E-state index contributed by atoms with van der Waals surface area (Å²) >= 11 is 0. The first kappa shape index (κ1) is 15.3. The molecule has 1 aliphatic rings. The third kappa shape index (κ3) is 3.97. The molecule has 1 heterocycles. The van der Waals surface area contributed by atoms with Gasteiger partial charge < -0.3 is 14.2 Å². The molecule has 1 aliphatic heterocycles. The number of rotatable bonds is 6. The summed E-state index contributed by atoms with van der Waals surface area (Å²) in [6, 6.07) is 8.25. The Hall–Kier alpha value is -1.06. The molecule has 0 unspecified atom stereocenters. The Morgan fingerprint density at radius 1 is 1.15 bits per heavy atom. The maximum Gasteiger partial charge on any atom is 0.165 e. The topological polar surface area (TPSA) is 27.7 Å². The zero-order valence-corrected chi connectivity index (χ0v) is 12.9. The van der Waals surface area contributed by atoms with Crippen LogP contribution in [0.3, 0.4) is 0 Å². The molecule has 0 saturated carbocycles. The smallest absolute Gasteiger partial charge is 0.165 e. The average molecular weight is 278 g/mol. The van der Waals surface area contributed by atoms with Crippen LogP contribution in [0.25, 0.3) is 0 Å². The van der Waals surface area contributed by atoms with Crippen LogP contribution in [0, 0.1) is 0 Å². The Morgan fingerprint density at radius 3 is 2.35 bits per heavy atom. The molecule has 1 fully saturated rings. The largest absolute Gasteiger partial charge is 0.494 e. The Kier molecular flexibility index (Phi) is 5.44. The van der Waals surface area contributed by atoms with E-state index in [9.17, 15) is 0 Å². The first-order valence-corrected chi connectivity index (χ1v) is 7.67. The van der Waals surface area contributed by atoms with Gasteiger partial charge in [-0.25, -0.2) is 0 Å². The molecule has 0 amide bonds. The van der Waals surface area contributed by atoms with E-state index >= 15 is 0 Å². The highest BCUT2D eigenvalue weighted by Gasteiger charge is 2.32. The molecule has 112 valence electrons. The van der Waals surface area contributed by atoms with Crippen molar-refractivity contribution in [3.63, 3.8) is 0 Å². The maximum absolute atomic E-state index is 5.96. The van der Waals surface area contributed by atoms with Crippen molar-refractivity contribution < 1.29 is 14.2 Å². The first-order chi connectivity index (χ1) is 9.67. The van der Waals surface area contributed by atoms with Crippen LogP contribution >= 0.6 is 0 Å². The fourth-order valence-corrected chi connectivity index (χ4v) is 2.48.